The summed E-state index contributed by atoms with van der Waals surface area (Å²) >= 11 is 0. The van der Waals surface area contributed by atoms with Crippen molar-refractivity contribution in [2.24, 2.45) is 0 Å². The molecule has 3 N–H and O–H groups in total. The van der Waals surface area contributed by atoms with Crippen LogP contribution in [0.5, 0.6) is 0 Å². The Labute approximate surface area is 96.5 Å². The Balaban J connectivity index is 2.27. The van der Waals surface area contributed by atoms with Gasteiger partial charge in [-0.1, -0.05) is 12.1 Å². The Morgan fingerprint density at radius 1 is 1.41 bits per heavy atom. The van der Waals surface area contributed by atoms with Gasteiger partial charge in [-0.3, -0.25) is 9.52 Å². The van der Waals surface area contributed by atoms with Crippen molar-refractivity contribution >= 4 is 33.0 Å². The van der Waals surface area contributed by atoms with E-state index in [1.807, 2.05) is 0 Å². The van der Waals surface area contributed by atoms with Crippen LogP contribution >= 0.6 is 0 Å². The molecule has 0 aliphatic rings. The number of hydrogen-bond acceptors (Lipinski definition) is 4. The van der Waals surface area contributed by atoms with Crippen LogP contribution in [-0.2, 0) is 14.8 Å². The standard InChI is InChI=1S/C9H9N3O4S/c13-8(14)5-17(15,16)12-9-10-6-3-1-2-4-7(6)11-9/h1-4H,5H2,(H,13,14)(H2,10,11,12). The van der Waals surface area contributed by atoms with Crippen molar-refractivity contribution in [1.82, 2.24) is 9.97 Å². The fourth-order valence-corrected chi connectivity index (χ4v) is 2.14. The number of fused-ring (bicyclic) bond motifs is 1. The summed E-state index contributed by atoms with van der Waals surface area (Å²) in [6, 6.07) is 6.98. The average Bonchev–Trinajstić information content (AvgIpc) is 2.55. The highest BCUT2D eigenvalue weighted by molar-refractivity contribution is 7.93. The molecule has 1 aromatic carbocycles. The van der Waals surface area contributed by atoms with E-state index < -0.39 is 21.7 Å². The van der Waals surface area contributed by atoms with Crippen molar-refractivity contribution in [3.05, 3.63) is 24.3 Å². The molecule has 1 aromatic heterocycles. The first-order valence-electron chi connectivity index (χ1n) is 4.63. The predicted molar refractivity (Wildman–Crippen MR) is 61.1 cm³/mol. The number of carboxylic acids is 1. The van der Waals surface area contributed by atoms with Gasteiger partial charge in [0.2, 0.25) is 16.0 Å². The maximum atomic E-state index is 11.3. The second-order valence-corrected chi connectivity index (χ2v) is 5.08. The van der Waals surface area contributed by atoms with Crippen molar-refractivity contribution in [2.45, 2.75) is 0 Å². The molecule has 0 saturated heterocycles. The van der Waals surface area contributed by atoms with Gasteiger partial charge in [0.05, 0.1) is 11.0 Å². The lowest BCUT2D eigenvalue weighted by Gasteiger charge is -2.00. The lowest BCUT2D eigenvalue weighted by atomic mass is 10.3. The van der Waals surface area contributed by atoms with E-state index in [-0.39, 0.29) is 5.95 Å². The number of imidazole rings is 1. The number of hydrogen-bond donors (Lipinski definition) is 3. The van der Waals surface area contributed by atoms with Crippen LogP contribution in [0.4, 0.5) is 5.95 Å². The van der Waals surface area contributed by atoms with Crippen molar-refractivity contribution in [1.29, 1.82) is 0 Å². The Kier molecular flexibility index (Phi) is 2.72. The number of carboxylic acid groups (broad SMARTS) is 1. The molecule has 0 spiro atoms. The van der Waals surface area contributed by atoms with Gasteiger partial charge in [-0.05, 0) is 12.1 Å². The minimum atomic E-state index is -3.92. The maximum Gasteiger partial charge on any atom is 0.320 e. The zero-order valence-electron chi connectivity index (χ0n) is 8.54. The molecular weight excluding hydrogens is 246 g/mol. The van der Waals surface area contributed by atoms with Crippen LogP contribution in [0, 0.1) is 0 Å². The van der Waals surface area contributed by atoms with Gasteiger partial charge >= 0.3 is 5.97 Å². The van der Waals surface area contributed by atoms with E-state index >= 15 is 0 Å². The summed E-state index contributed by atoms with van der Waals surface area (Å²) in [5, 5.41) is 8.42. The Bertz CT molecular complexity index is 629. The normalized spacial score (nSPS) is 11.5. The largest absolute Gasteiger partial charge is 0.480 e. The molecule has 0 atom stereocenters. The van der Waals surface area contributed by atoms with Crippen molar-refractivity contribution in [3.63, 3.8) is 0 Å². The molecule has 0 aliphatic heterocycles. The number of aromatic amines is 1. The van der Waals surface area contributed by atoms with Crippen LogP contribution in [0.25, 0.3) is 11.0 Å². The second-order valence-electron chi connectivity index (χ2n) is 3.36. The van der Waals surface area contributed by atoms with Gasteiger partial charge < -0.3 is 10.1 Å². The lowest BCUT2D eigenvalue weighted by Crippen LogP contribution is -2.22. The summed E-state index contributed by atoms with van der Waals surface area (Å²) in [5.41, 5.74) is 1.26. The summed E-state index contributed by atoms with van der Waals surface area (Å²) in [6.07, 6.45) is 0. The number of para-hydroxylation sites is 2. The van der Waals surface area contributed by atoms with Crippen LogP contribution in [0.2, 0.25) is 0 Å². The van der Waals surface area contributed by atoms with E-state index in [4.69, 9.17) is 5.11 Å². The summed E-state index contributed by atoms with van der Waals surface area (Å²) in [4.78, 5) is 17.0. The summed E-state index contributed by atoms with van der Waals surface area (Å²) < 4.78 is 24.7. The smallest absolute Gasteiger partial charge is 0.320 e. The minimum Gasteiger partial charge on any atom is -0.480 e. The molecule has 1 heterocycles. The Morgan fingerprint density at radius 3 is 2.76 bits per heavy atom. The van der Waals surface area contributed by atoms with E-state index in [1.54, 1.807) is 24.3 Å². The van der Waals surface area contributed by atoms with Gasteiger partial charge in [0, 0.05) is 0 Å². The SMILES string of the molecule is O=C(O)CS(=O)(=O)Nc1nc2ccccc2[nH]1. The Hall–Kier alpha value is -2.09. The zero-order valence-corrected chi connectivity index (χ0v) is 9.36. The number of benzene rings is 1. The third-order valence-electron chi connectivity index (χ3n) is 1.96. The van der Waals surface area contributed by atoms with E-state index in [1.165, 1.54) is 0 Å². The number of carbonyl (C=O) groups is 1. The van der Waals surface area contributed by atoms with E-state index in [0.717, 1.165) is 0 Å². The van der Waals surface area contributed by atoms with Crippen LogP contribution < -0.4 is 4.72 Å². The number of sulfonamides is 1. The second kappa shape index (κ2) is 4.06. The van der Waals surface area contributed by atoms with Gasteiger partial charge in [0.1, 0.15) is 0 Å². The molecule has 90 valence electrons. The van der Waals surface area contributed by atoms with Crippen LogP contribution in [0.3, 0.4) is 0 Å². The number of rotatable bonds is 4. The number of anilines is 1. The monoisotopic (exact) mass is 255 g/mol. The maximum absolute atomic E-state index is 11.3. The van der Waals surface area contributed by atoms with Gasteiger partial charge in [0.15, 0.2) is 5.75 Å². The number of nitrogens with zero attached hydrogens (tertiary/aromatic N) is 1. The third kappa shape index (κ3) is 2.72. The molecule has 7 nitrogen and oxygen atoms in total. The molecule has 0 radical (unpaired) electrons. The first-order chi connectivity index (χ1) is 7.96. The molecule has 2 rings (SSSR count). The van der Waals surface area contributed by atoms with E-state index in [0.29, 0.717) is 11.0 Å². The van der Waals surface area contributed by atoms with Gasteiger partial charge in [-0.25, -0.2) is 13.4 Å². The lowest BCUT2D eigenvalue weighted by molar-refractivity contribution is -0.134. The first-order valence-corrected chi connectivity index (χ1v) is 6.28. The number of nitrogens with one attached hydrogen (secondary N) is 2. The fraction of sp³-hybridized carbons (Fsp3) is 0.111. The highest BCUT2D eigenvalue weighted by Crippen LogP contribution is 2.14. The predicted octanol–water partition coefficient (Wildman–Crippen LogP) is 0.389. The highest BCUT2D eigenvalue weighted by Gasteiger charge is 2.17. The molecule has 0 bridgehead atoms. The quantitative estimate of drug-likeness (QED) is 0.731. The summed E-state index contributed by atoms with van der Waals surface area (Å²) in [5.74, 6) is -2.41. The number of aliphatic carboxylic acids is 1. The fourth-order valence-electron chi connectivity index (χ4n) is 1.35. The topological polar surface area (TPSA) is 112 Å². The summed E-state index contributed by atoms with van der Waals surface area (Å²) in [6.45, 7) is 0. The van der Waals surface area contributed by atoms with Gasteiger partial charge in [-0.2, -0.15) is 0 Å². The van der Waals surface area contributed by atoms with Crippen LogP contribution in [-0.4, -0.2) is 35.2 Å². The minimum absolute atomic E-state index is 0.00690. The molecule has 0 amide bonds. The molecule has 0 fully saturated rings. The molecule has 17 heavy (non-hydrogen) atoms. The van der Waals surface area contributed by atoms with Crippen LogP contribution in [0.15, 0.2) is 24.3 Å². The Morgan fingerprint density at radius 2 is 2.12 bits per heavy atom. The third-order valence-corrected chi connectivity index (χ3v) is 3.09. The van der Waals surface area contributed by atoms with Crippen molar-refractivity contribution in [3.8, 4) is 0 Å². The number of H-pyrrole nitrogens is 1. The average molecular weight is 255 g/mol. The molecule has 0 aliphatic carbocycles. The molecule has 0 unspecified atom stereocenters. The van der Waals surface area contributed by atoms with Gasteiger partial charge in [-0.15, -0.1) is 0 Å². The molecule has 2 aromatic rings. The molecule has 8 heteroatoms. The van der Waals surface area contributed by atoms with Gasteiger partial charge in [0.25, 0.3) is 0 Å². The highest BCUT2D eigenvalue weighted by atomic mass is 32.2. The van der Waals surface area contributed by atoms with Crippen molar-refractivity contribution in [2.75, 3.05) is 10.5 Å². The van der Waals surface area contributed by atoms with Crippen molar-refractivity contribution < 1.29 is 18.3 Å². The summed E-state index contributed by atoms with van der Waals surface area (Å²) in [7, 11) is -3.92. The molecule has 0 saturated carbocycles. The van der Waals surface area contributed by atoms with Crippen LogP contribution in [0.1, 0.15) is 0 Å². The molecular formula is C9H9N3O4S. The first kappa shape index (κ1) is 11.4. The number of aromatic nitrogens is 2. The van der Waals surface area contributed by atoms with E-state index in [9.17, 15) is 13.2 Å². The zero-order chi connectivity index (χ0) is 12.5. The van der Waals surface area contributed by atoms with E-state index in [2.05, 4.69) is 14.7 Å².